The van der Waals surface area contributed by atoms with E-state index in [0.29, 0.717) is 24.2 Å². The molecule has 3 aromatic rings. The van der Waals surface area contributed by atoms with Crippen molar-refractivity contribution in [3.05, 3.63) is 47.4 Å². The number of rotatable bonds is 5. The van der Waals surface area contributed by atoms with Gasteiger partial charge in [-0.25, -0.2) is 9.97 Å². The van der Waals surface area contributed by atoms with E-state index in [1.165, 1.54) is 17.1 Å². The van der Waals surface area contributed by atoms with Gasteiger partial charge in [-0.15, -0.1) is 0 Å². The van der Waals surface area contributed by atoms with Gasteiger partial charge in [-0.3, -0.25) is 0 Å². The van der Waals surface area contributed by atoms with E-state index < -0.39 is 0 Å². The largest absolute Gasteiger partial charge is 0.374 e. The quantitative estimate of drug-likeness (QED) is 0.712. The maximum atomic E-state index is 6.04. The lowest BCUT2D eigenvalue weighted by Gasteiger charge is -2.04. The van der Waals surface area contributed by atoms with Gasteiger partial charge in [-0.2, -0.15) is 0 Å². The molecule has 0 aliphatic rings. The van der Waals surface area contributed by atoms with Gasteiger partial charge in [0.25, 0.3) is 0 Å². The van der Waals surface area contributed by atoms with E-state index in [-0.39, 0.29) is 0 Å². The highest BCUT2D eigenvalue weighted by atomic mass is 35.5. The molecule has 0 spiro atoms. The van der Waals surface area contributed by atoms with Gasteiger partial charge in [0.2, 0.25) is 0 Å². The van der Waals surface area contributed by atoms with E-state index in [1.54, 1.807) is 6.07 Å². The van der Waals surface area contributed by atoms with Gasteiger partial charge in [0.1, 0.15) is 16.8 Å². The predicted octanol–water partition coefficient (Wildman–Crippen LogP) is 4.30. The molecular weight excluding hydrogens is 306 g/mol. The summed E-state index contributed by atoms with van der Waals surface area (Å²) < 4.78 is 5.33. The van der Waals surface area contributed by atoms with Crippen molar-refractivity contribution in [2.45, 2.75) is 23.6 Å². The van der Waals surface area contributed by atoms with Crippen LogP contribution in [0.2, 0.25) is 5.15 Å². The van der Waals surface area contributed by atoms with Crippen LogP contribution in [-0.2, 0) is 11.3 Å². The second-order valence-corrected chi connectivity index (χ2v) is 5.85. The molecule has 2 heterocycles. The molecule has 0 saturated heterocycles. The van der Waals surface area contributed by atoms with E-state index in [0.717, 1.165) is 15.6 Å². The summed E-state index contributed by atoms with van der Waals surface area (Å²) >= 11 is 7.57. The van der Waals surface area contributed by atoms with Gasteiger partial charge < -0.3 is 9.72 Å². The molecule has 6 heteroatoms. The first-order chi connectivity index (χ1) is 10.2. The predicted molar refractivity (Wildman–Crippen MR) is 84.8 cm³/mol. The first-order valence-electron chi connectivity index (χ1n) is 6.61. The fraction of sp³-hybridized carbons (Fsp3) is 0.200. The van der Waals surface area contributed by atoms with Crippen LogP contribution in [0.25, 0.3) is 10.9 Å². The number of para-hydroxylation sites is 1. The van der Waals surface area contributed by atoms with E-state index in [4.69, 9.17) is 16.3 Å². The molecule has 0 amide bonds. The standard InChI is InChI=1S/C15H14ClN3OS/c1-2-20-9-13-18-12(16)8-15(19-13)21-14-7-10-5-3-4-6-11(10)17-14/h3-8,17H,2,9H2,1H3. The SMILES string of the molecule is CCOCc1nc(Cl)cc(Sc2cc3ccccc3[nH]2)n1. The van der Waals surface area contributed by atoms with Crippen LogP contribution in [0.15, 0.2) is 46.5 Å². The van der Waals surface area contributed by atoms with Gasteiger partial charge >= 0.3 is 0 Å². The molecule has 0 aliphatic heterocycles. The number of hydrogen-bond acceptors (Lipinski definition) is 4. The Morgan fingerprint density at radius 3 is 2.90 bits per heavy atom. The zero-order valence-corrected chi connectivity index (χ0v) is 13.0. The molecule has 0 saturated carbocycles. The summed E-state index contributed by atoms with van der Waals surface area (Å²) in [6.07, 6.45) is 0. The molecule has 1 aromatic carbocycles. The molecule has 4 nitrogen and oxygen atoms in total. The van der Waals surface area contributed by atoms with Crippen molar-refractivity contribution < 1.29 is 4.74 Å². The first kappa shape index (κ1) is 14.4. The van der Waals surface area contributed by atoms with Crippen molar-refractivity contribution in [1.82, 2.24) is 15.0 Å². The van der Waals surface area contributed by atoms with Crippen LogP contribution in [0.1, 0.15) is 12.7 Å². The lowest BCUT2D eigenvalue weighted by molar-refractivity contribution is 0.128. The lowest BCUT2D eigenvalue weighted by Crippen LogP contribution is -2.00. The first-order valence-corrected chi connectivity index (χ1v) is 7.81. The Morgan fingerprint density at radius 1 is 1.24 bits per heavy atom. The summed E-state index contributed by atoms with van der Waals surface area (Å²) in [6, 6.07) is 12.0. The van der Waals surface area contributed by atoms with Crippen LogP contribution in [0.4, 0.5) is 0 Å². The number of benzene rings is 1. The van der Waals surface area contributed by atoms with Gasteiger partial charge in [-0.1, -0.05) is 41.6 Å². The van der Waals surface area contributed by atoms with Gasteiger partial charge in [0.15, 0.2) is 5.82 Å². The van der Waals surface area contributed by atoms with Crippen molar-refractivity contribution in [2.24, 2.45) is 0 Å². The number of H-pyrrole nitrogens is 1. The Balaban J connectivity index is 1.84. The minimum atomic E-state index is 0.372. The lowest BCUT2D eigenvalue weighted by atomic mass is 10.3. The second kappa shape index (κ2) is 6.47. The third-order valence-electron chi connectivity index (χ3n) is 2.87. The average molecular weight is 320 g/mol. The highest BCUT2D eigenvalue weighted by molar-refractivity contribution is 7.99. The van der Waals surface area contributed by atoms with E-state index in [1.807, 2.05) is 25.1 Å². The van der Waals surface area contributed by atoms with Crippen LogP contribution in [0.5, 0.6) is 0 Å². The van der Waals surface area contributed by atoms with Crippen LogP contribution >= 0.6 is 23.4 Å². The Bertz CT molecular complexity index is 727. The summed E-state index contributed by atoms with van der Waals surface area (Å²) in [5.41, 5.74) is 1.11. The van der Waals surface area contributed by atoms with Crippen LogP contribution in [0.3, 0.4) is 0 Å². The second-order valence-electron chi connectivity index (χ2n) is 4.41. The van der Waals surface area contributed by atoms with Gasteiger partial charge in [-0.05, 0) is 19.1 Å². The summed E-state index contributed by atoms with van der Waals surface area (Å²) in [6.45, 7) is 2.93. The molecule has 0 atom stereocenters. The Kier molecular flexibility index (Phi) is 4.43. The maximum absolute atomic E-state index is 6.04. The fourth-order valence-electron chi connectivity index (χ4n) is 1.97. The molecule has 0 bridgehead atoms. The maximum Gasteiger partial charge on any atom is 0.157 e. The molecule has 108 valence electrons. The molecule has 0 unspecified atom stereocenters. The van der Waals surface area contributed by atoms with Gasteiger partial charge in [0.05, 0.1) is 5.03 Å². The molecule has 3 rings (SSSR count). The monoisotopic (exact) mass is 319 g/mol. The van der Waals surface area contributed by atoms with Crippen LogP contribution in [-0.4, -0.2) is 21.6 Å². The zero-order valence-electron chi connectivity index (χ0n) is 11.5. The Morgan fingerprint density at radius 2 is 2.10 bits per heavy atom. The van der Waals surface area contributed by atoms with E-state index >= 15 is 0 Å². The molecule has 0 aliphatic carbocycles. The summed E-state index contributed by atoms with van der Waals surface area (Å²) in [7, 11) is 0. The molecule has 0 fully saturated rings. The highest BCUT2D eigenvalue weighted by Crippen LogP contribution is 2.29. The number of halogens is 1. The van der Waals surface area contributed by atoms with Gasteiger partial charge in [0, 0.05) is 23.6 Å². The van der Waals surface area contributed by atoms with Crippen LogP contribution < -0.4 is 0 Å². The number of aromatic amines is 1. The summed E-state index contributed by atoms with van der Waals surface area (Å²) in [5.74, 6) is 0.600. The Labute approximate surface area is 131 Å². The van der Waals surface area contributed by atoms with E-state index in [9.17, 15) is 0 Å². The molecule has 0 radical (unpaired) electrons. The number of aromatic nitrogens is 3. The van der Waals surface area contributed by atoms with Crippen molar-refractivity contribution in [1.29, 1.82) is 0 Å². The number of hydrogen-bond donors (Lipinski definition) is 1. The molecule has 1 N–H and O–H groups in total. The van der Waals surface area contributed by atoms with E-state index in [2.05, 4.69) is 27.1 Å². The molecular formula is C15H14ClN3OS. The molecule has 21 heavy (non-hydrogen) atoms. The van der Waals surface area contributed by atoms with Crippen molar-refractivity contribution in [3.8, 4) is 0 Å². The summed E-state index contributed by atoms with van der Waals surface area (Å²) in [5, 5.41) is 3.43. The average Bonchev–Trinajstić information content (AvgIpc) is 2.86. The summed E-state index contributed by atoms with van der Waals surface area (Å²) in [4.78, 5) is 12.0. The van der Waals surface area contributed by atoms with Crippen molar-refractivity contribution in [2.75, 3.05) is 6.61 Å². The minimum Gasteiger partial charge on any atom is -0.374 e. The van der Waals surface area contributed by atoms with Crippen molar-refractivity contribution in [3.63, 3.8) is 0 Å². The zero-order chi connectivity index (χ0) is 14.7. The van der Waals surface area contributed by atoms with Crippen molar-refractivity contribution >= 4 is 34.3 Å². The topological polar surface area (TPSA) is 50.8 Å². The minimum absolute atomic E-state index is 0.372. The Hall–Kier alpha value is -1.56. The normalized spacial score (nSPS) is 11.1. The van der Waals surface area contributed by atoms with Crippen LogP contribution in [0, 0.1) is 0 Å². The number of ether oxygens (including phenoxy) is 1. The molecule has 2 aromatic heterocycles. The highest BCUT2D eigenvalue weighted by Gasteiger charge is 2.07. The fourth-order valence-corrected chi connectivity index (χ4v) is 3.13. The number of fused-ring (bicyclic) bond motifs is 1. The third kappa shape index (κ3) is 3.56. The smallest absolute Gasteiger partial charge is 0.157 e. The number of nitrogens with one attached hydrogen (secondary N) is 1. The number of nitrogens with zero attached hydrogens (tertiary/aromatic N) is 2. The third-order valence-corrected chi connectivity index (χ3v) is 3.92.